The highest BCUT2D eigenvalue weighted by Gasteiger charge is 2.35. The molecule has 2 amide bonds. The van der Waals surface area contributed by atoms with Crippen molar-refractivity contribution in [3.05, 3.63) is 63.1 Å². The summed E-state index contributed by atoms with van der Waals surface area (Å²) in [5, 5.41) is 2.91. The number of anilines is 1. The number of thiocarbonyl (C=S) groups is 1. The first-order valence-electron chi connectivity index (χ1n) is 7.83. The van der Waals surface area contributed by atoms with Crippen LogP contribution in [-0.4, -0.2) is 24.0 Å². The van der Waals surface area contributed by atoms with Crippen LogP contribution < -0.4 is 15.0 Å². The Morgan fingerprint density at radius 1 is 1.19 bits per heavy atom. The van der Waals surface area contributed by atoms with Gasteiger partial charge in [0.25, 0.3) is 11.8 Å². The van der Waals surface area contributed by atoms with E-state index in [2.05, 4.69) is 5.32 Å². The van der Waals surface area contributed by atoms with Crippen LogP contribution in [0.1, 0.15) is 11.1 Å². The Morgan fingerprint density at radius 3 is 2.59 bits per heavy atom. The molecule has 5 nitrogen and oxygen atoms in total. The number of halogens is 2. The summed E-state index contributed by atoms with van der Waals surface area (Å²) in [6.45, 7) is 1.87. The molecule has 0 spiro atoms. The average Bonchev–Trinajstić information content (AvgIpc) is 2.62. The highest BCUT2D eigenvalue weighted by molar-refractivity contribution is 7.80. The average molecular weight is 421 g/mol. The van der Waals surface area contributed by atoms with Gasteiger partial charge < -0.3 is 4.74 Å². The second kappa shape index (κ2) is 7.68. The van der Waals surface area contributed by atoms with E-state index in [0.717, 1.165) is 10.5 Å². The number of aryl methyl sites for hydroxylation is 1. The van der Waals surface area contributed by atoms with Crippen molar-refractivity contribution >= 4 is 64.1 Å². The predicted molar refractivity (Wildman–Crippen MR) is 110 cm³/mol. The van der Waals surface area contributed by atoms with Crippen molar-refractivity contribution in [2.24, 2.45) is 0 Å². The van der Waals surface area contributed by atoms with Gasteiger partial charge in [0.05, 0.1) is 22.8 Å². The van der Waals surface area contributed by atoms with Crippen LogP contribution in [0.5, 0.6) is 5.75 Å². The van der Waals surface area contributed by atoms with E-state index in [1.807, 2.05) is 13.0 Å². The van der Waals surface area contributed by atoms with Crippen LogP contribution in [0.15, 0.2) is 42.0 Å². The zero-order chi connectivity index (χ0) is 19.7. The van der Waals surface area contributed by atoms with Crippen LogP contribution in [0.2, 0.25) is 10.0 Å². The van der Waals surface area contributed by atoms with Gasteiger partial charge in [-0.15, -0.1) is 0 Å². The zero-order valence-corrected chi connectivity index (χ0v) is 16.7. The van der Waals surface area contributed by atoms with Gasteiger partial charge in [-0.25, -0.2) is 0 Å². The maximum atomic E-state index is 13.0. The number of ether oxygens (including phenoxy) is 1. The lowest BCUT2D eigenvalue weighted by Gasteiger charge is -2.29. The van der Waals surface area contributed by atoms with E-state index in [1.165, 1.54) is 6.08 Å². The molecule has 0 radical (unpaired) electrons. The minimum atomic E-state index is -0.582. The Kier molecular flexibility index (Phi) is 5.51. The number of nitrogens with one attached hydrogen (secondary N) is 1. The number of hydrogen-bond donors (Lipinski definition) is 1. The molecule has 1 N–H and O–H groups in total. The number of amides is 2. The fourth-order valence-electron chi connectivity index (χ4n) is 2.70. The molecule has 0 bridgehead atoms. The van der Waals surface area contributed by atoms with Crippen molar-refractivity contribution in [2.75, 3.05) is 12.0 Å². The maximum Gasteiger partial charge on any atom is 0.270 e. The molecule has 0 atom stereocenters. The topological polar surface area (TPSA) is 58.6 Å². The summed E-state index contributed by atoms with van der Waals surface area (Å²) in [6, 6.07) is 10.2. The van der Waals surface area contributed by atoms with Gasteiger partial charge in [0.1, 0.15) is 11.3 Å². The zero-order valence-electron chi connectivity index (χ0n) is 14.4. The second-order valence-corrected chi connectivity index (χ2v) is 6.93. The molecule has 1 aliphatic heterocycles. The Bertz CT molecular complexity index is 1000. The first kappa shape index (κ1) is 19.4. The molecular weight excluding hydrogens is 407 g/mol. The molecule has 0 aromatic heterocycles. The predicted octanol–water partition coefficient (Wildman–Crippen LogP) is 4.14. The van der Waals surface area contributed by atoms with E-state index < -0.39 is 11.8 Å². The highest BCUT2D eigenvalue weighted by Crippen LogP contribution is 2.34. The van der Waals surface area contributed by atoms with Gasteiger partial charge in [0, 0.05) is 0 Å². The van der Waals surface area contributed by atoms with Crippen LogP contribution in [-0.2, 0) is 9.59 Å². The van der Waals surface area contributed by atoms with Gasteiger partial charge in [0.2, 0.25) is 0 Å². The second-order valence-electron chi connectivity index (χ2n) is 5.76. The van der Waals surface area contributed by atoms with Crippen molar-refractivity contribution in [3.63, 3.8) is 0 Å². The van der Waals surface area contributed by atoms with E-state index >= 15 is 0 Å². The van der Waals surface area contributed by atoms with E-state index in [-0.39, 0.29) is 20.7 Å². The standard InChI is InChI=1S/C19H14Cl2N2O3S/c1-10-8-11(6-7-15(10)26-2)9-12-17(24)22-19(27)23(18(12)25)14-5-3-4-13(20)16(14)21/h3-9H,1-2H3,(H,22,24,27)/b12-9+. The molecule has 1 heterocycles. The molecule has 27 heavy (non-hydrogen) atoms. The Labute approximate surface area is 171 Å². The van der Waals surface area contributed by atoms with Crippen LogP contribution in [0.3, 0.4) is 0 Å². The largest absolute Gasteiger partial charge is 0.496 e. The number of carbonyl (C=O) groups excluding carboxylic acids is 2. The summed E-state index contributed by atoms with van der Waals surface area (Å²) in [7, 11) is 1.58. The third-order valence-electron chi connectivity index (χ3n) is 4.00. The number of nitrogens with zero attached hydrogens (tertiary/aromatic N) is 1. The van der Waals surface area contributed by atoms with Crippen molar-refractivity contribution < 1.29 is 14.3 Å². The van der Waals surface area contributed by atoms with Crippen LogP contribution >= 0.6 is 35.4 Å². The minimum absolute atomic E-state index is 0.0581. The number of carbonyl (C=O) groups is 2. The summed E-state index contributed by atoms with van der Waals surface area (Å²) in [5.41, 5.74) is 1.79. The molecule has 1 aliphatic rings. The summed E-state index contributed by atoms with van der Waals surface area (Å²) < 4.78 is 5.23. The molecular formula is C19H14Cl2N2O3S. The van der Waals surface area contributed by atoms with Crippen molar-refractivity contribution in [1.29, 1.82) is 0 Å². The smallest absolute Gasteiger partial charge is 0.270 e. The van der Waals surface area contributed by atoms with E-state index in [0.29, 0.717) is 17.0 Å². The van der Waals surface area contributed by atoms with E-state index in [4.69, 9.17) is 40.2 Å². The van der Waals surface area contributed by atoms with Crippen molar-refractivity contribution in [3.8, 4) is 5.75 Å². The molecule has 0 saturated carbocycles. The number of methoxy groups -OCH3 is 1. The van der Waals surface area contributed by atoms with E-state index in [9.17, 15) is 9.59 Å². The van der Waals surface area contributed by atoms with Crippen molar-refractivity contribution in [1.82, 2.24) is 5.32 Å². The van der Waals surface area contributed by atoms with E-state index in [1.54, 1.807) is 37.4 Å². The Hall–Kier alpha value is -2.41. The SMILES string of the molecule is COc1ccc(/C=C2\C(=O)NC(=S)N(c3cccc(Cl)c3Cl)C2=O)cc1C. The fraction of sp³-hybridized carbons (Fsp3) is 0.105. The molecule has 3 rings (SSSR count). The summed E-state index contributed by atoms with van der Waals surface area (Å²) >= 11 is 17.4. The van der Waals surface area contributed by atoms with Gasteiger partial charge in [-0.3, -0.25) is 19.8 Å². The lowest BCUT2D eigenvalue weighted by molar-refractivity contribution is -0.122. The van der Waals surface area contributed by atoms with Crippen LogP contribution in [0, 0.1) is 6.92 Å². The van der Waals surface area contributed by atoms with Gasteiger partial charge in [-0.2, -0.15) is 0 Å². The monoisotopic (exact) mass is 420 g/mol. The van der Waals surface area contributed by atoms with Gasteiger partial charge >= 0.3 is 0 Å². The third kappa shape index (κ3) is 3.69. The molecule has 1 fully saturated rings. The number of rotatable bonds is 3. The summed E-state index contributed by atoms with van der Waals surface area (Å²) in [5.74, 6) is -0.445. The maximum absolute atomic E-state index is 13.0. The van der Waals surface area contributed by atoms with Crippen molar-refractivity contribution in [2.45, 2.75) is 6.92 Å². The molecule has 2 aromatic rings. The van der Waals surface area contributed by atoms with Gasteiger partial charge in [-0.1, -0.05) is 35.3 Å². The highest BCUT2D eigenvalue weighted by atomic mass is 35.5. The summed E-state index contributed by atoms with van der Waals surface area (Å²) in [4.78, 5) is 26.5. The van der Waals surface area contributed by atoms with Gasteiger partial charge in [-0.05, 0) is 60.6 Å². The first-order valence-corrected chi connectivity index (χ1v) is 9.00. The molecule has 8 heteroatoms. The molecule has 0 unspecified atom stereocenters. The molecule has 1 saturated heterocycles. The normalized spacial score (nSPS) is 15.9. The fourth-order valence-corrected chi connectivity index (χ4v) is 3.35. The Balaban J connectivity index is 2.05. The van der Waals surface area contributed by atoms with Crippen LogP contribution in [0.25, 0.3) is 6.08 Å². The molecule has 0 aliphatic carbocycles. The molecule has 2 aromatic carbocycles. The molecule has 138 valence electrons. The van der Waals surface area contributed by atoms with Gasteiger partial charge in [0.15, 0.2) is 5.11 Å². The minimum Gasteiger partial charge on any atom is -0.496 e. The summed E-state index contributed by atoms with van der Waals surface area (Å²) in [6.07, 6.45) is 1.50. The quantitative estimate of drug-likeness (QED) is 0.460. The number of hydrogen-bond acceptors (Lipinski definition) is 4. The lowest BCUT2D eigenvalue weighted by Crippen LogP contribution is -2.54. The Morgan fingerprint density at radius 2 is 1.93 bits per heavy atom. The lowest BCUT2D eigenvalue weighted by atomic mass is 10.0. The van der Waals surface area contributed by atoms with Crippen LogP contribution in [0.4, 0.5) is 5.69 Å². The number of benzene rings is 2. The first-order chi connectivity index (χ1) is 12.8. The third-order valence-corrected chi connectivity index (χ3v) is 5.10.